The number of aliphatic carboxylic acids is 1. The number of oxime groups is 1. The van der Waals surface area contributed by atoms with E-state index in [1.807, 2.05) is 0 Å². The number of β-lactam (4-membered cyclic amide) rings is 1. The molecule has 2 aromatic rings. The molecule has 3 heterocycles. The Morgan fingerprint density at radius 1 is 1.31 bits per heavy atom. The number of nitrogen functional groups attached to an aromatic ring is 1. The lowest BCUT2D eigenvalue weighted by Gasteiger charge is -2.50. The van der Waals surface area contributed by atoms with Gasteiger partial charge in [0.25, 0.3) is 17.4 Å². The first-order chi connectivity index (χ1) is 23.7. The zero-order valence-electron chi connectivity index (χ0n) is 27.5. The van der Waals surface area contributed by atoms with Gasteiger partial charge in [-0.25, -0.2) is 9.78 Å². The van der Waals surface area contributed by atoms with Gasteiger partial charge in [0.15, 0.2) is 16.9 Å². The second-order valence-corrected chi connectivity index (χ2v) is 15.1. The van der Waals surface area contributed by atoms with Crippen molar-refractivity contribution < 1.29 is 56.5 Å². The van der Waals surface area contributed by atoms with Crippen molar-refractivity contribution in [2.45, 2.75) is 87.4 Å². The van der Waals surface area contributed by atoms with Gasteiger partial charge in [-0.1, -0.05) is 5.16 Å². The van der Waals surface area contributed by atoms with Crippen LogP contribution in [0.15, 0.2) is 28.7 Å². The number of aliphatic hydroxyl groups excluding tert-OH is 2. The molecule has 0 radical (unpaired) electrons. The van der Waals surface area contributed by atoms with E-state index in [-0.39, 0.29) is 29.1 Å². The number of carbonyl (C=O) groups is 3. The third-order valence-electron chi connectivity index (χ3n) is 9.20. The SMILES string of the molecule is CC1(C)[C@H](NC(=O)/C(=N\O[C@](C)(C(=O)O)[C@H]2CCc3cc(C(=N)NC4CC(N)([C@H](O)CO)C4)ccc3O2)c2csc(N)n2)C(=O)N1OS(=O)(=O)O. The number of amidine groups is 1. The average molecular weight is 755 g/mol. The zero-order chi connectivity index (χ0) is 37.7. The smallest absolute Gasteiger partial charge is 0.418 e. The number of benzene rings is 1. The Bertz CT molecular complexity index is 1880. The maximum atomic E-state index is 13.5. The monoisotopic (exact) mass is 754 g/mol. The van der Waals surface area contributed by atoms with Crippen LogP contribution >= 0.6 is 11.3 Å². The van der Waals surface area contributed by atoms with Crippen LogP contribution in [0.5, 0.6) is 5.75 Å². The van der Waals surface area contributed by atoms with Gasteiger partial charge in [0, 0.05) is 22.5 Å². The molecule has 11 N–H and O–H groups in total. The number of carbonyl (C=O) groups excluding carboxylic acids is 2. The van der Waals surface area contributed by atoms with Crippen molar-refractivity contribution in [1.29, 1.82) is 5.41 Å². The van der Waals surface area contributed by atoms with Gasteiger partial charge >= 0.3 is 16.4 Å². The lowest BCUT2D eigenvalue weighted by atomic mass is 9.70. The van der Waals surface area contributed by atoms with Crippen molar-refractivity contribution in [3.8, 4) is 5.75 Å². The van der Waals surface area contributed by atoms with E-state index >= 15 is 0 Å². The van der Waals surface area contributed by atoms with Crippen LogP contribution in [0.3, 0.4) is 0 Å². The van der Waals surface area contributed by atoms with E-state index in [9.17, 15) is 38.1 Å². The molecular weight excluding hydrogens is 716 g/mol. The zero-order valence-corrected chi connectivity index (χ0v) is 29.2. The predicted octanol–water partition coefficient (Wildman–Crippen LogP) is -1.35. The summed E-state index contributed by atoms with van der Waals surface area (Å²) in [6.07, 6.45) is -0.996. The van der Waals surface area contributed by atoms with E-state index in [2.05, 4.69) is 25.1 Å². The highest BCUT2D eigenvalue weighted by molar-refractivity contribution is 7.80. The van der Waals surface area contributed by atoms with Crippen molar-refractivity contribution in [3.05, 3.63) is 40.4 Å². The van der Waals surface area contributed by atoms with Crippen molar-refractivity contribution >= 4 is 56.2 Å². The summed E-state index contributed by atoms with van der Waals surface area (Å²) in [4.78, 5) is 48.3. The molecule has 5 rings (SSSR count). The van der Waals surface area contributed by atoms with Crippen LogP contribution in [0.4, 0.5) is 5.13 Å². The molecule has 278 valence electrons. The number of aryl methyl sites for hydroxylation is 1. The molecule has 1 saturated heterocycles. The summed E-state index contributed by atoms with van der Waals surface area (Å²) in [6, 6.07) is 3.41. The number of nitrogens with zero attached hydrogens (tertiary/aromatic N) is 3. The Morgan fingerprint density at radius 2 is 2.00 bits per heavy atom. The topological polar surface area (TPSA) is 322 Å². The minimum absolute atomic E-state index is 0.0369. The van der Waals surface area contributed by atoms with Crippen LogP contribution in [-0.2, 0) is 40.3 Å². The fraction of sp³-hybridized carbons (Fsp3) is 0.517. The minimum atomic E-state index is -5.05. The van der Waals surface area contributed by atoms with E-state index < -0.39 is 75.4 Å². The number of hydrogen-bond acceptors (Lipinski definition) is 16. The largest absolute Gasteiger partial charge is 0.485 e. The number of ether oxygens (including phenoxy) is 1. The number of nitrogens with one attached hydrogen (secondary N) is 3. The van der Waals surface area contributed by atoms with Gasteiger partial charge in [0.05, 0.1) is 18.2 Å². The highest BCUT2D eigenvalue weighted by Crippen LogP contribution is 2.36. The van der Waals surface area contributed by atoms with Crippen LogP contribution in [0.2, 0.25) is 0 Å². The van der Waals surface area contributed by atoms with Gasteiger partial charge in [0.1, 0.15) is 23.3 Å². The van der Waals surface area contributed by atoms with Gasteiger partial charge in [-0.05, 0) is 70.2 Å². The number of thiazole rings is 1. The molecule has 1 aliphatic carbocycles. The average Bonchev–Trinajstić information content (AvgIpc) is 3.48. The molecule has 1 saturated carbocycles. The number of carboxylic acids is 1. The number of anilines is 1. The van der Waals surface area contributed by atoms with Crippen LogP contribution in [0.1, 0.15) is 56.9 Å². The summed E-state index contributed by atoms with van der Waals surface area (Å²) in [5, 5.41) is 49.0. The third kappa shape index (κ3) is 7.47. The first-order valence-corrected chi connectivity index (χ1v) is 17.7. The summed E-state index contributed by atoms with van der Waals surface area (Å²) in [5.74, 6) is -3.09. The molecule has 20 nitrogen and oxygen atoms in total. The molecule has 0 spiro atoms. The van der Waals surface area contributed by atoms with Gasteiger partial charge in [0.2, 0.25) is 0 Å². The lowest BCUT2D eigenvalue weighted by molar-refractivity contribution is -0.218. The maximum absolute atomic E-state index is 13.5. The van der Waals surface area contributed by atoms with Gasteiger partial charge in [-0.15, -0.1) is 15.6 Å². The van der Waals surface area contributed by atoms with Crippen molar-refractivity contribution in [2.24, 2.45) is 10.9 Å². The number of fused-ring (bicyclic) bond motifs is 1. The molecule has 3 aliphatic rings. The van der Waals surface area contributed by atoms with E-state index in [0.29, 0.717) is 41.2 Å². The number of aromatic nitrogens is 1. The van der Waals surface area contributed by atoms with Crippen LogP contribution < -0.4 is 26.8 Å². The fourth-order valence-corrected chi connectivity index (χ4v) is 7.03. The van der Waals surface area contributed by atoms with Crippen molar-refractivity contribution in [3.63, 3.8) is 0 Å². The standard InChI is InChI=1S/C29H38N8O12S2/c1-27(2)21(24(41)37(27)49-51(44,45)46)35-23(40)20(16-12-50-26(31)34-16)36-48-28(3,25(42)43)19-7-5-13-8-14(4-6-17(13)47-19)22(30)33-15-9-29(32,10-15)18(39)11-38/h4,6,8,12,15,18-19,21,38-39H,5,7,9-11,32H2,1-3H3,(H2,30,33)(H2,31,34)(H,35,40)(H,42,43)(H,44,45,46)/b36-20-/t15?,18-,19-,21-,28+,29?/m1/s1. The quantitative estimate of drug-likeness (QED) is 0.0375. The number of rotatable bonds is 13. The molecule has 2 fully saturated rings. The minimum Gasteiger partial charge on any atom is -0.485 e. The Balaban J connectivity index is 1.30. The van der Waals surface area contributed by atoms with Gasteiger partial charge in [-0.2, -0.15) is 13.5 Å². The molecule has 1 aromatic heterocycles. The summed E-state index contributed by atoms with van der Waals surface area (Å²) >= 11 is 0.944. The molecule has 0 unspecified atom stereocenters. The number of nitrogens with two attached hydrogens (primary N) is 2. The number of aliphatic hydroxyl groups is 2. The Hall–Kier alpha value is -4.45. The summed E-state index contributed by atoms with van der Waals surface area (Å²) < 4.78 is 41.7. The van der Waals surface area contributed by atoms with Crippen molar-refractivity contribution in [2.75, 3.05) is 12.3 Å². The molecule has 4 atom stereocenters. The number of hydroxylamine groups is 2. The Morgan fingerprint density at radius 3 is 2.57 bits per heavy atom. The lowest BCUT2D eigenvalue weighted by Crippen LogP contribution is -2.76. The molecule has 0 bridgehead atoms. The summed E-state index contributed by atoms with van der Waals surface area (Å²) in [6.45, 7) is 3.46. The summed E-state index contributed by atoms with van der Waals surface area (Å²) in [5.41, 5.74) is 7.87. The first kappa shape index (κ1) is 37.8. The van der Waals surface area contributed by atoms with E-state index in [1.54, 1.807) is 18.2 Å². The van der Waals surface area contributed by atoms with Gasteiger partial charge in [-0.3, -0.25) is 19.6 Å². The van der Waals surface area contributed by atoms with Crippen LogP contribution in [0, 0.1) is 5.41 Å². The van der Waals surface area contributed by atoms with Crippen molar-refractivity contribution in [1.82, 2.24) is 20.7 Å². The fourth-order valence-electron chi connectivity index (χ4n) is 6.03. The highest BCUT2D eigenvalue weighted by atomic mass is 32.3. The number of amides is 2. The molecule has 22 heteroatoms. The van der Waals surface area contributed by atoms with Crippen LogP contribution in [0.25, 0.3) is 0 Å². The van der Waals surface area contributed by atoms with Crippen LogP contribution in [-0.4, -0.2) is 115 Å². The van der Waals surface area contributed by atoms with E-state index in [4.69, 9.17) is 31.0 Å². The molecule has 2 amide bonds. The highest BCUT2D eigenvalue weighted by Gasteiger charge is 2.58. The predicted molar refractivity (Wildman–Crippen MR) is 178 cm³/mol. The molecular formula is C29H38N8O12S2. The molecule has 51 heavy (non-hydrogen) atoms. The first-order valence-electron chi connectivity index (χ1n) is 15.4. The normalized spacial score (nSPS) is 25.9. The second kappa shape index (κ2) is 13.6. The Kier molecular flexibility index (Phi) is 10.1. The second-order valence-electron chi connectivity index (χ2n) is 13.2. The van der Waals surface area contributed by atoms with E-state index in [1.165, 1.54) is 26.2 Å². The summed E-state index contributed by atoms with van der Waals surface area (Å²) in [7, 11) is -5.05. The van der Waals surface area contributed by atoms with E-state index in [0.717, 1.165) is 11.3 Å². The third-order valence-corrected chi connectivity index (χ3v) is 10.2. The molecule has 2 aliphatic heterocycles. The number of carboxylic acid groups (broad SMARTS) is 1. The van der Waals surface area contributed by atoms with Gasteiger partial charge < -0.3 is 47.0 Å². The number of hydrogen-bond donors (Lipinski definition) is 9. The maximum Gasteiger partial charge on any atom is 0.418 e. The Labute approximate surface area is 295 Å². The molecule has 1 aromatic carbocycles.